The van der Waals surface area contributed by atoms with Crippen LogP contribution >= 0.6 is 0 Å². The first-order chi connectivity index (χ1) is 8.93. The Morgan fingerprint density at radius 1 is 0.947 bits per heavy atom. The molecular weight excluding hydrogens is 260 g/mol. The third-order valence-corrected chi connectivity index (χ3v) is 2.75. The van der Waals surface area contributed by atoms with E-state index in [1.165, 1.54) is 21.0 Å². The van der Waals surface area contributed by atoms with Crippen molar-refractivity contribution in [3.63, 3.8) is 0 Å². The molecule has 2 unspecified atom stereocenters. The molecule has 2 heterocycles. The topological polar surface area (TPSA) is 101 Å². The number of rotatable bonds is 3. The summed E-state index contributed by atoms with van der Waals surface area (Å²) < 4.78 is 25.0. The molecule has 0 N–H and O–H groups in total. The maximum Gasteiger partial charge on any atom is 0.339 e. The number of epoxide rings is 1. The van der Waals surface area contributed by atoms with Crippen LogP contribution in [0.1, 0.15) is 13.8 Å². The molecular formula is C11H14O8. The van der Waals surface area contributed by atoms with Gasteiger partial charge in [-0.2, -0.15) is 0 Å². The highest BCUT2D eigenvalue weighted by Crippen LogP contribution is 2.39. The summed E-state index contributed by atoms with van der Waals surface area (Å²) >= 11 is 0. The molecule has 2 aliphatic rings. The van der Waals surface area contributed by atoms with Crippen LogP contribution in [0.25, 0.3) is 0 Å². The Morgan fingerprint density at radius 3 is 2.05 bits per heavy atom. The van der Waals surface area contributed by atoms with Gasteiger partial charge in [0.25, 0.3) is 0 Å². The van der Waals surface area contributed by atoms with Gasteiger partial charge in [0.05, 0.1) is 7.11 Å². The van der Waals surface area contributed by atoms with Crippen molar-refractivity contribution in [2.24, 2.45) is 0 Å². The van der Waals surface area contributed by atoms with E-state index in [1.54, 1.807) is 0 Å². The highest BCUT2D eigenvalue weighted by Gasteiger charge is 2.62. The zero-order valence-electron chi connectivity index (χ0n) is 10.7. The molecule has 19 heavy (non-hydrogen) atoms. The third-order valence-electron chi connectivity index (χ3n) is 2.75. The van der Waals surface area contributed by atoms with Crippen molar-refractivity contribution in [3.05, 3.63) is 0 Å². The third kappa shape index (κ3) is 2.85. The zero-order chi connectivity index (χ0) is 14.2. The van der Waals surface area contributed by atoms with Gasteiger partial charge in [-0.05, 0) is 0 Å². The van der Waals surface area contributed by atoms with Crippen molar-refractivity contribution >= 4 is 17.9 Å². The van der Waals surface area contributed by atoms with Crippen molar-refractivity contribution in [1.82, 2.24) is 0 Å². The number of esters is 3. The minimum atomic E-state index is -1.18. The molecule has 0 aromatic heterocycles. The van der Waals surface area contributed by atoms with Crippen LogP contribution in [0.3, 0.4) is 0 Å². The average Bonchev–Trinajstić information content (AvgIpc) is 3.08. The molecule has 0 spiro atoms. The monoisotopic (exact) mass is 274 g/mol. The number of hydrogen-bond acceptors (Lipinski definition) is 8. The lowest BCUT2D eigenvalue weighted by atomic mass is 10.0. The van der Waals surface area contributed by atoms with E-state index in [-0.39, 0.29) is 0 Å². The smallest absolute Gasteiger partial charge is 0.339 e. The van der Waals surface area contributed by atoms with Crippen LogP contribution in [-0.2, 0) is 38.1 Å². The number of ether oxygens (including phenoxy) is 5. The molecule has 0 bridgehead atoms. The highest BCUT2D eigenvalue weighted by atomic mass is 16.8. The molecule has 106 valence electrons. The fourth-order valence-corrected chi connectivity index (χ4v) is 1.98. The minimum absolute atomic E-state index is 0.533. The lowest BCUT2D eigenvalue weighted by molar-refractivity contribution is -0.200. The first-order valence-corrected chi connectivity index (χ1v) is 5.67. The van der Waals surface area contributed by atoms with Gasteiger partial charge in [-0.25, -0.2) is 4.79 Å². The standard InChI is InChI=1S/C11H14O8/c1-4(12)16-6-7(17-5(2)13)9-11(19-9)18-8(6)10(14)15-3/h6-9,11H,1-3H3/t6-,7-,8-,9?,11?/m0/s1. The Hall–Kier alpha value is -1.67. The summed E-state index contributed by atoms with van der Waals surface area (Å²) in [6, 6.07) is 0. The maximum absolute atomic E-state index is 11.6. The summed E-state index contributed by atoms with van der Waals surface area (Å²) in [5, 5.41) is 0. The molecule has 8 heteroatoms. The van der Waals surface area contributed by atoms with Gasteiger partial charge in [0.1, 0.15) is 0 Å². The van der Waals surface area contributed by atoms with Crippen LogP contribution in [0.15, 0.2) is 0 Å². The summed E-state index contributed by atoms with van der Waals surface area (Å²) in [7, 11) is 1.18. The van der Waals surface area contributed by atoms with Crippen molar-refractivity contribution in [1.29, 1.82) is 0 Å². The van der Waals surface area contributed by atoms with Crippen molar-refractivity contribution in [3.8, 4) is 0 Å². The molecule has 0 aromatic carbocycles. The SMILES string of the molecule is COC(=O)[C@H]1OC2OC2[C@@H](OC(C)=O)[C@@H]1OC(C)=O. The summed E-state index contributed by atoms with van der Waals surface area (Å²) in [6.45, 7) is 2.39. The molecule has 2 fully saturated rings. The van der Waals surface area contributed by atoms with E-state index in [1.807, 2.05) is 0 Å². The van der Waals surface area contributed by atoms with Gasteiger partial charge < -0.3 is 23.7 Å². The van der Waals surface area contributed by atoms with E-state index in [0.29, 0.717) is 0 Å². The molecule has 0 aliphatic carbocycles. The first-order valence-electron chi connectivity index (χ1n) is 5.67. The Labute approximate surface area is 108 Å². The molecule has 5 atom stereocenters. The van der Waals surface area contributed by atoms with Crippen LogP contribution in [0.2, 0.25) is 0 Å². The Balaban J connectivity index is 2.20. The molecule has 0 amide bonds. The fraction of sp³-hybridized carbons (Fsp3) is 0.727. The van der Waals surface area contributed by atoms with E-state index < -0.39 is 48.6 Å². The number of carbonyl (C=O) groups is 3. The number of methoxy groups -OCH3 is 1. The number of fused-ring (bicyclic) bond motifs is 1. The molecule has 0 aromatic rings. The van der Waals surface area contributed by atoms with Gasteiger partial charge >= 0.3 is 17.9 Å². The van der Waals surface area contributed by atoms with Gasteiger partial charge in [0, 0.05) is 13.8 Å². The quantitative estimate of drug-likeness (QED) is 0.372. The summed E-state index contributed by atoms with van der Waals surface area (Å²) in [4.78, 5) is 33.8. The van der Waals surface area contributed by atoms with Crippen LogP contribution in [0, 0.1) is 0 Å². The number of hydrogen-bond donors (Lipinski definition) is 0. The summed E-state index contributed by atoms with van der Waals surface area (Å²) in [5.41, 5.74) is 0. The zero-order valence-corrected chi connectivity index (χ0v) is 10.7. The maximum atomic E-state index is 11.6. The highest BCUT2D eigenvalue weighted by molar-refractivity contribution is 5.77. The molecule has 0 saturated carbocycles. The average molecular weight is 274 g/mol. The van der Waals surface area contributed by atoms with E-state index in [0.717, 1.165) is 0 Å². The van der Waals surface area contributed by atoms with Gasteiger partial charge in [0.2, 0.25) is 0 Å². The minimum Gasteiger partial charge on any atom is -0.467 e. The Bertz CT molecular complexity index is 405. The van der Waals surface area contributed by atoms with Crippen molar-refractivity contribution in [2.75, 3.05) is 7.11 Å². The fourth-order valence-electron chi connectivity index (χ4n) is 1.98. The molecule has 2 rings (SSSR count). The van der Waals surface area contributed by atoms with E-state index in [2.05, 4.69) is 4.74 Å². The van der Waals surface area contributed by atoms with Gasteiger partial charge in [-0.1, -0.05) is 0 Å². The normalized spacial score (nSPS) is 35.8. The second-order valence-corrected chi connectivity index (χ2v) is 4.20. The van der Waals surface area contributed by atoms with Crippen LogP contribution in [0.5, 0.6) is 0 Å². The van der Waals surface area contributed by atoms with Gasteiger partial charge in [-0.15, -0.1) is 0 Å². The van der Waals surface area contributed by atoms with Gasteiger partial charge in [0.15, 0.2) is 30.7 Å². The second-order valence-electron chi connectivity index (χ2n) is 4.20. The number of carbonyl (C=O) groups excluding carboxylic acids is 3. The lowest BCUT2D eigenvalue weighted by Gasteiger charge is -2.32. The molecule has 0 radical (unpaired) electrons. The van der Waals surface area contributed by atoms with Crippen LogP contribution in [0.4, 0.5) is 0 Å². The first kappa shape index (κ1) is 13.8. The van der Waals surface area contributed by atoms with Crippen molar-refractivity contribution in [2.45, 2.75) is 44.6 Å². The largest absolute Gasteiger partial charge is 0.467 e. The second kappa shape index (κ2) is 5.14. The molecule has 8 nitrogen and oxygen atoms in total. The van der Waals surface area contributed by atoms with Crippen molar-refractivity contribution < 1.29 is 38.1 Å². The van der Waals surface area contributed by atoms with Crippen LogP contribution in [-0.4, -0.2) is 55.7 Å². The van der Waals surface area contributed by atoms with E-state index >= 15 is 0 Å². The molecule has 2 aliphatic heterocycles. The predicted octanol–water partition coefficient (Wildman–Crippen LogP) is -0.853. The summed E-state index contributed by atoms with van der Waals surface area (Å²) in [5.74, 6) is -1.92. The molecule has 2 saturated heterocycles. The van der Waals surface area contributed by atoms with E-state index in [4.69, 9.17) is 18.9 Å². The lowest BCUT2D eigenvalue weighted by Crippen LogP contribution is -2.54. The summed E-state index contributed by atoms with van der Waals surface area (Å²) in [6.07, 6.45) is -4.33. The predicted molar refractivity (Wildman–Crippen MR) is 56.7 cm³/mol. The van der Waals surface area contributed by atoms with E-state index in [9.17, 15) is 14.4 Å². The van der Waals surface area contributed by atoms with Gasteiger partial charge in [-0.3, -0.25) is 9.59 Å². The Morgan fingerprint density at radius 2 is 1.53 bits per heavy atom. The van der Waals surface area contributed by atoms with Crippen LogP contribution < -0.4 is 0 Å². The Kier molecular flexibility index (Phi) is 3.72.